The first-order valence-corrected chi connectivity index (χ1v) is 9.04. The second kappa shape index (κ2) is 7.64. The van der Waals surface area contributed by atoms with Gasteiger partial charge in [0, 0.05) is 10.8 Å². The Morgan fingerprint density at radius 3 is 2.26 bits per heavy atom. The van der Waals surface area contributed by atoms with Crippen molar-refractivity contribution in [2.45, 2.75) is 64.2 Å². The minimum absolute atomic E-state index is 0.104. The van der Waals surface area contributed by atoms with E-state index in [9.17, 15) is 18.0 Å². The van der Waals surface area contributed by atoms with Gasteiger partial charge in [-0.15, -0.1) is 0 Å². The minimum atomic E-state index is -4.54. The number of esters is 1. The fourth-order valence-corrected chi connectivity index (χ4v) is 3.07. The Morgan fingerprint density at radius 1 is 1.22 bits per heavy atom. The molecule has 27 heavy (non-hydrogen) atoms. The van der Waals surface area contributed by atoms with Crippen LogP contribution in [0, 0.1) is 0 Å². The van der Waals surface area contributed by atoms with Crippen LogP contribution in [0.2, 0.25) is 5.02 Å². The third kappa shape index (κ3) is 4.79. The number of halogens is 4. The van der Waals surface area contributed by atoms with Gasteiger partial charge in [0.15, 0.2) is 0 Å². The van der Waals surface area contributed by atoms with E-state index in [4.69, 9.17) is 25.6 Å². The summed E-state index contributed by atoms with van der Waals surface area (Å²) in [5.41, 5.74) is -2.14. The number of benzene rings is 1. The molecule has 0 bridgehead atoms. The van der Waals surface area contributed by atoms with Crippen molar-refractivity contribution < 1.29 is 32.0 Å². The van der Waals surface area contributed by atoms with Gasteiger partial charge in [0.1, 0.15) is 0 Å². The van der Waals surface area contributed by atoms with E-state index in [0.29, 0.717) is 0 Å². The summed E-state index contributed by atoms with van der Waals surface area (Å²) in [7, 11) is -0.944. The Kier molecular flexibility index (Phi) is 6.24. The van der Waals surface area contributed by atoms with Gasteiger partial charge in [0.2, 0.25) is 0 Å². The third-order valence-electron chi connectivity index (χ3n) is 5.01. The van der Waals surface area contributed by atoms with Gasteiger partial charge in [-0.3, -0.25) is 4.79 Å². The SMILES string of the molecule is CCOC(=O)CC(B1OC(C)(C)C(C)(C)O1)c1cc(C(F)(F)F)ccc1Cl. The van der Waals surface area contributed by atoms with Crippen LogP contribution in [0.25, 0.3) is 0 Å². The Morgan fingerprint density at radius 2 is 1.78 bits per heavy atom. The van der Waals surface area contributed by atoms with Crippen LogP contribution >= 0.6 is 11.6 Å². The molecule has 0 aromatic heterocycles. The highest BCUT2D eigenvalue weighted by atomic mass is 35.5. The van der Waals surface area contributed by atoms with Crippen LogP contribution in [0.5, 0.6) is 0 Å². The van der Waals surface area contributed by atoms with E-state index in [2.05, 4.69) is 0 Å². The highest BCUT2D eigenvalue weighted by Crippen LogP contribution is 2.44. The number of carbonyl (C=O) groups is 1. The highest BCUT2D eigenvalue weighted by molar-refractivity contribution is 6.48. The zero-order chi connectivity index (χ0) is 20.6. The molecule has 4 nitrogen and oxygen atoms in total. The van der Waals surface area contributed by atoms with Gasteiger partial charge in [-0.1, -0.05) is 11.6 Å². The van der Waals surface area contributed by atoms with E-state index < -0.39 is 41.8 Å². The predicted molar refractivity (Wildman–Crippen MR) is 96.5 cm³/mol. The largest absolute Gasteiger partial charge is 0.466 e. The number of hydrogen-bond donors (Lipinski definition) is 0. The van der Waals surface area contributed by atoms with Crippen LogP contribution in [0.3, 0.4) is 0 Å². The van der Waals surface area contributed by atoms with Crippen molar-refractivity contribution in [3.05, 3.63) is 34.3 Å². The first-order valence-electron chi connectivity index (χ1n) is 8.66. The van der Waals surface area contributed by atoms with Crippen molar-refractivity contribution in [2.75, 3.05) is 6.61 Å². The topological polar surface area (TPSA) is 44.8 Å². The van der Waals surface area contributed by atoms with Gasteiger partial charge >= 0.3 is 19.3 Å². The molecular formula is C18H23BClF3O4. The normalized spacial score (nSPS) is 19.8. The van der Waals surface area contributed by atoms with E-state index in [-0.39, 0.29) is 23.6 Å². The second-order valence-corrected chi connectivity index (χ2v) is 7.88. The number of rotatable bonds is 5. The van der Waals surface area contributed by atoms with E-state index >= 15 is 0 Å². The van der Waals surface area contributed by atoms with Crippen molar-refractivity contribution in [2.24, 2.45) is 0 Å². The molecule has 0 saturated carbocycles. The van der Waals surface area contributed by atoms with Crippen LogP contribution in [0.4, 0.5) is 13.2 Å². The van der Waals surface area contributed by atoms with E-state index in [1.807, 2.05) is 27.7 Å². The Balaban J connectivity index is 2.47. The molecule has 0 spiro atoms. The van der Waals surface area contributed by atoms with Crippen molar-refractivity contribution >= 4 is 24.7 Å². The monoisotopic (exact) mass is 406 g/mol. The average Bonchev–Trinajstić information content (AvgIpc) is 2.73. The van der Waals surface area contributed by atoms with Crippen LogP contribution in [0.15, 0.2) is 18.2 Å². The number of hydrogen-bond acceptors (Lipinski definition) is 4. The zero-order valence-electron chi connectivity index (χ0n) is 15.9. The fourth-order valence-electron chi connectivity index (χ4n) is 2.81. The molecule has 1 saturated heterocycles. The number of carbonyl (C=O) groups excluding carboxylic acids is 1. The van der Waals surface area contributed by atoms with Gasteiger partial charge in [0.25, 0.3) is 0 Å². The van der Waals surface area contributed by atoms with E-state index in [0.717, 1.165) is 12.1 Å². The lowest BCUT2D eigenvalue weighted by molar-refractivity contribution is -0.143. The van der Waals surface area contributed by atoms with Crippen LogP contribution in [-0.4, -0.2) is 30.9 Å². The van der Waals surface area contributed by atoms with Crippen molar-refractivity contribution in [3.8, 4) is 0 Å². The molecule has 0 aliphatic carbocycles. The van der Waals surface area contributed by atoms with Crippen LogP contribution in [-0.2, 0) is 25.0 Å². The summed E-state index contributed by atoms with van der Waals surface area (Å²) in [4.78, 5) is 12.1. The predicted octanol–water partition coefficient (Wildman–Crippen LogP) is 5.03. The molecule has 1 aliphatic rings. The summed E-state index contributed by atoms with van der Waals surface area (Å²) in [6.45, 7) is 9.10. The Bertz CT molecular complexity index is 690. The van der Waals surface area contributed by atoms with Gasteiger partial charge < -0.3 is 14.0 Å². The smallest absolute Gasteiger partial charge is 0.466 e. The summed E-state index contributed by atoms with van der Waals surface area (Å²) in [5, 5.41) is 0.104. The minimum Gasteiger partial charge on any atom is -0.466 e. The number of alkyl halides is 3. The molecule has 1 heterocycles. The molecule has 0 radical (unpaired) electrons. The molecular weight excluding hydrogens is 383 g/mol. The molecule has 1 unspecified atom stereocenters. The van der Waals surface area contributed by atoms with Crippen molar-refractivity contribution in [3.63, 3.8) is 0 Å². The highest BCUT2D eigenvalue weighted by Gasteiger charge is 2.54. The molecule has 1 aromatic carbocycles. The van der Waals surface area contributed by atoms with Crippen LogP contribution < -0.4 is 0 Å². The first-order chi connectivity index (χ1) is 12.3. The molecule has 1 atom stereocenters. The molecule has 0 amide bonds. The first kappa shape index (κ1) is 22.0. The van der Waals surface area contributed by atoms with Gasteiger partial charge in [-0.05, 0) is 58.4 Å². The van der Waals surface area contributed by atoms with Gasteiger partial charge in [-0.2, -0.15) is 13.2 Å². The standard InChI is InChI=1S/C18H23BClF3O4/c1-6-25-15(24)10-13(19-26-16(2,3)17(4,5)27-19)12-9-11(18(21,22)23)7-8-14(12)20/h7-9,13H,6,10H2,1-5H3. The average molecular weight is 407 g/mol. The zero-order valence-corrected chi connectivity index (χ0v) is 16.7. The summed E-state index contributed by atoms with van der Waals surface area (Å²) < 4.78 is 56.4. The second-order valence-electron chi connectivity index (χ2n) is 7.47. The third-order valence-corrected chi connectivity index (χ3v) is 5.36. The molecule has 0 N–H and O–H groups in total. The van der Waals surface area contributed by atoms with E-state index in [1.54, 1.807) is 6.92 Å². The fraction of sp³-hybridized carbons (Fsp3) is 0.611. The molecule has 1 fully saturated rings. The molecule has 2 rings (SSSR count). The maximum Gasteiger partial charge on any atom is 0.466 e. The van der Waals surface area contributed by atoms with Gasteiger partial charge in [-0.25, -0.2) is 0 Å². The summed E-state index contributed by atoms with van der Waals surface area (Å²) >= 11 is 6.19. The van der Waals surface area contributed by atoms with Gasteiger partial charge in [0.05, 0.1) is 29.8 Å². The maximum absolute atomic E-state index is 13.2. The van der Waals surface area contributed by atoms with Crippen molar-refractivity contribution in [1.82, 2.24) is 0 Å². The number of ether oxygens (including phenoxy) is 1. The summed E-state index contributed by atoms with van der Waals surface area (Å²) in [5.74, 6) is -1.41. The lowest BCUT2D eigenvalue weighted by Gasteiger charge is -2.32. The Labute approximate surface area is 162 Å². The van der Waals surface area contributed by atoms with E-state index in [1.165, 1.54) is 6.07 Å². The molecule has 1 aromatic rings. The molecule has 1 aliphatic heterocycles. The molecule has 9 heteroatoms. The quantitative estimate of drug-likeness (QED) is 0.508. The molecule has 150 valence electrons. The maximum atomic E-state index is 13.2. The van der Waals surface area contributed by atoms with Crippen LogP contribution in [0.1, 0.15) is 58.0 Å². The lowest BCUT2D eigenvalue weighted by Crippen LogP contribution is -2.41. The Hall–Kier alpha value is -1.25. The lowest BCUT2D eigenvalue weighted by atomic mass is 9.66. The summed E-state index contributed by atoms with van der Waals surface area (Å²) in [6, 6.07) is 3.01. The van der Waals surface area contributed by atoms with Crippen molar-refractivity contribution in [1.29, 1.82) is 0 Å². The summed E-state index contributed by atoms with van der Waals surface area (Å²) in [6.07, 6.45) is -4.75.